The number of hydrogen-bond donors (Lipinski definition) is 0. The Morgan fingerprint density at radius 2 is 1.58 bits per heavy atom. The molecule has 0 N–H and O–H groups in total. The van der Waals surface area contributed by atoms with Gasteiger partial charge in [-0.3, -0.25) is 9.80 Å². The molecule has 1 heterocycles. The van der Waals surface area contributed by atoms with Crippen molar-refractivity contribution < 1.29 is 4.74 Å². The van der Waals surface area contributed by atoms with Crippen molar-refractivity contribution in [2.45, 2.75) is 6.54 Å². The highest BCUT2D eigenvalue weighted by Gasteiger charge is 2.17. The molecule has 1 fully saturated rings. The first-order chi connectivity index (χ1) is 14.2. The normalized spacial score (nSPS) is 14.9. The molecule has 0 saturated carbocycles. The van der Waals surface area contributed by atoms with E-state index in [1.165, 1.54) is 16.3 Å². The highest BCUT2D eigenvalue weighted by atomic mass is 35.5. The molecule has 166 valence electrons. The van der Waals surface area contributed by atoms with E-state index in [0.29, 0.717) is 0 Å². The van der Waals surface area contributed by atoms with E-state index in [1.807, 2.05) is 18.2 Å². The Bertz CT molecular complexity index is 1000. The summed E-state index contributed by atoms with van der Waals surface area (Å²) >= 11 is 6.05. The number of benzene rings is 3. The molecule has 0 spiro atoms. The van der Waals surface area contributed by atoms with Gasteiger partial charge in [-0.05, 0) is 34.7 Å². The largest absolute Gasteiger partial charge is 0.496 e. The Morgan fingerprint density at radius 1 is 0.871 bits per heavy atom. The summed E-state index contributed by atoms with van der Waals surface area (Å²) in [5.41, 5.74) is 2.53. The molecule has 1 saturated heterocycles. The summed E-state index contributed by atoms with van der Waals surface area (Å²) in [6.45, 7) is 6.32. The van der Waals surface area contributed by atoms with Gasteiger partial charge in [0.05, 0.1) is 7.11 Å². The molecule has 0 amide bonds. The number of piperazine rings is 1. The van der Waals surface area contributed by atoms with E-state index in [9.17, 15) is 0 Å². The highest BCUT2D eigenvalue weighted by molar-refractivity contribution is 6.30. The predicted molar refractivity (Wildman–Crippen MR) is 137 cm³/mol. The summed E-state index contributed by atoms with van der Waals surface area (Å²) in [5.74, 6) is 0.945. The molecule has 0 aliphatic carbocycles. The molecule has 6 heteroatoms. The van der Waals surface area contributed by atoms with Crippen LogP contribution in [0.5, 0.6) is 5.75 Å². The SMILES string of the molecule is COc1ccc(CN2CCN(C/C=C/c3cccc(Cl)c3)CC2)c2ccccc12.Cl.Cl. The van der Waals surface area contributed by atoms with E-state index in [-0.39, 0.29) is 24.8 Å². The molecule has 1 aliphatic rings. The molecule has 3 aromatic rings. The maximum Gasteiger partial charge on any atom is 0.126 e. The lowest BCUT2D eigenvalue weighted by Crippen LogP contribution is -2.45. The summed E-state index contributed by atoms with van der Waals surface area (Å²) in [7, 11) is 1.74. The average molecular weight is 480 g/mol. The second-order valence-corrected chi connectivity index (χ2v) is 7.94. The van der Waals surface area contributed by atoms with Gasteiger partial charge in [0.2, 0.25) is 0 Å². The van der Waals surface area contributed by atoms with E-state index in [4.69, 9.17) is 16.3 Å². The molecule has 4 rings (SSSR count). The molecule has 0 bridgehead atoms. The zero-order valence-electron chi connectivity index (χ0n) is 17.7. The van der Waals surface area contributed by atoms with Crippen LogP contribution in [0.3, 0.4) is 0 Å². The number of nitrogens with zero attached hydrogens (tertiary/aromatic N) is 2. The van der Waals surface area contributed by atoms with E-state index in [2.05, 4.69) is 64.4 Å². The van der Waals surface area contributed by atoms with Crippen LogP contribution >= 0.6 is 36.4 Å². The number of ether oxygens (including phenoxy) is 1. The molecule has 0 radical (unpaired) electrons. The molecule has 0 aromatic heterocycles. The second kappa shape index (κ2) is 12.3. The Hall–Kier alpha value is -1.75. The Labute approximate surface area is 202 Å². The fourth-order valence-corrected chi connectivity index (χ4v) is 4.17. The lowest BCUT2D eigenvalue weighted by atomic mass is 10.0. The van der Waals surface area contributed by atoms with Crippen LogP contribution in [0.2, 0.25) is 5.02 Å². The van der Waals surface area contributed by atoms with Gasteiger partial charge in [0, 0.05) is 49.7 Å². The van der Waals surface area contributed by atoms with Gasteiger partial charge >= 0.3 is 0 Å². The monoisotopic (exact) mass is 478 g/mol. The molecule has 3 nitrogen and oxygen atoms in total. The summed E-state index contributed by atoms with van der Waals surface area (Å²) < 4.78 is 5.53. The quantitative estimate of drug-likeness (QED) is 0.420. The van der Waals surface area contributed by atoms with E-state index in [0.717, 1.165) is 55.6 Å². The van der Waals surface area contributed by atoms with Crippen molar-refractivity contribution in [3.8, 4) is 5.75 Å². The molecular formula is C25H29Cl3N2O. The van der Waals surface area contributed by atoms with Crippen molar-refractivity contribution in [2.75, 3.05) is 39.8 Å². The zero-order valence-corrected chi connectivity index (χ0v) is 20.1. The number of halogens is 3. The minimum atomic E-state index is 0. The number of hydrogen-bond acceptors (Lipinski definition) is 3. The Balaban J connectivity index is 0.00000171. The van der Waals surface area contributed by atoms with Crippen LogP contribution in [0.25, 0.3) is 16.8 Å². The first kappa shape index (κ1) is 25.5. The minimum Gasteiger partial charge on any atom is -0.496 e. The van der Waals surface area contributed by atoms with Gasteiger partial charge < -0.3 is 4.74 Å². The topological polar surface area (TPSA) is 15.7 Å². The first-order valence-corrected chi connectivity index (χ1v) is 10.5. The van der Waals surface area contributed by atoms with Gasteiger partial charge in [-0.1, -0.05) is 66.2 Å². The van der Waals surface area contributed by atoms with Crippen molar-refractivity contribution in [2.24, 2.45) is 0 Å². The number of methoxy groups -OCH3 is 1. The summed E-state index contributed by atoms with van der Waals surface area (Å²) in [4.78, 5) is 5.05. The molecule has 31 heavy (non-hydrogen) atoms. The van der Waals surface area contributed by atoms with Crippen LogP contribution in [0.4, 0.5) is 0 Å². The molecule has 0 unspecified atom stereocenters. The maximum atomic E-state index is 6.05. The van der Waals surface area contributed by atoms with Crippen LogP contribution in [0, 0.1) is 0 Å². The second-order valence-electron chi connectivity index (χ2n) is 7.51. The molecule has 0 atom stereocenters. The molecule has 3 aromatic carbocycles. The van der Waals surface area contributed by atoms with Crippen LogP contribution in [0.15, 0.2) is 66.7 Å². The van der Waals surface area contributed by atoms with Crippen molar-refractivity contribution in [1.29, 1.82) is 0 Å². The predicted octanol–water partition coefficient (Wildman–Crippen LogP) is 6.18. The van der Waals surface area contributed by atoms with Crippen molar-refractivity contribution >= 4 is 53.3 Å². The van der Waals surface area contributed by atoms with E-state index < -0.39 is 0 Å². The Kier molecular flexibility index (Phi) is 10.1. The number of fused-ring (bicyclic) bond motifs is 1. The van der Waals surface area contributed by atoms with Crippen molar-refractivity contribution in [1.82, 2.24) is 9.80 Å². The number of rotatable bonds is 6. The van der Waals surface area contributed by atoms with Gasteiger partial charge in [0.15, 0.2) is 0 Å². The van der Waals surface area contributed by atoms with E-state index >= 15 is 0 Å². The van der Waals surface area contributed by atoms with Gasteiger partial charge in [-0.25, -0.2) is 0 Å². The lowest BCUT2D eigenvalue weighted by molar-refractivity contribution is 0.137. The van der Waals surface area contributed by atoms with Crippen molar-refractivity contribution in [3.05, 3.63) is 82.9 Å². The summed E-state index contributed by atoms with van der Waals surface area (Å²) in [5, 5.41) is 3.27. The smallest absolute Gasteiger partial charge is 0.126 e. The minimum absolute atomic E-state index is 0. The van der Waals surface area contributed by atoms with Crippen LogP contribution in [-0.2, 0) is 6.54 Å². The maximum absolute atomic E-state index is 6.05. The lowest BCUT2D eigenvalue weighted by Gasteiger charge is -2.34. The van der Waals surface area contributed by atoms with Gasteiger partial charge in [-0.15, -0.1) is 24.8 Å². The van der Waals surface area contributed by atoms with Crippen LogP contribution in [0.1, 0.15) is 11.1 Å². The summed E-state index contributed by atoms with van der Waals surface area (Å²) in [6.07, 6.45) is 4.39. The standard InChI is InChI=1S/C25H27ClN2O.2ClH/c1-29-25-12-11-21(23-9-2-3-10-24(23)25)19-28-16-14-27(15-17-28)13-5-7-20-6-4-8-22(26)18-20;;/h2-12,18H,13-17,19H2,1H3;2*1H/b7-5+;;. The Morgan fingerprint density at radius 3 is 2.29 bits per heavy atom. The van der Waals surface area contributed by atoms with Gasteiger partial charge in [0.1, 0.15) is 5.75 Å². The van der Waals surface area contributed by atoms with Crippen molar-refractivity contribution in [3.63, 3.8) is 0 Å². The molecular weight excluding hydrogens is 451 g/mol. The first-order valence-electron chi connectivity index (χ1n) is 10.1. The van der Waals surface area contributed by atoms with Crippen LogP contribution in [-0.4, -0.2) is 49.6 Å². The third-order valence-corrected chi connectivity index (χ3v) is 5.81. The average Bonchev–Trinajstić information content (AvgIpc) is 2.75. The van der Waals surface area contributed by atoms with Gasteiger partial charge in [0.25, 0.3) is 0 Å². The third-order valence-electron chi connectivity index (χ3n) is 5.58. The third kappa shape index (κ3) is 6.61. The molecule has 1 aliphatic heterocycles. The fourth-order valence-electron chi connectivity index (χ4n) is 3.97. The summed E-state index contributed by atoms with van der Waals surface area (Å²) in [6, 6.07) is 20.8. The van der Waals surface area contributed by atoms with Gasteiger partial charge in [-0.2, -0.15) is 0 Å². The highest BCUT2D eigenvalue weighted by Crippen LogP contribution is 2.29. The van der Waals surface area contributed by atoms with Crippen LogP contribution < -0.4 is 4.74 Å². The van der Waals surface area contributed by atoms with E-state index in [1.54, 1.807) is 7.11 Å². The fraction of sp³-hybridized carbons (Fsp3) is 0.280. The zero-order chi connectivity index (χ0) is 20.1.